The second-order valence-electron chi connectivity index (χ2n) is 22.3. The van der Waals surface area contributed by atoms with E-state index in [-0.39, 0.29) is 167 Å². The fourth-order valence-electron chi connectivity index (χ4n) is 9.93. The Balaban J connectivity index is 1.52. The number of carbonyl (C=O) groups is 8. The van der Waals surface area contributed by atoms with E-state index < -0.39 is 97.7 Å². The number of nitrogens with two attached hydrogens (primary N) is 1. The van der Waals surface area contributed by atoms with E-state index >= 15 is 0 Å². The molecule has 18 N–H and O–H groups in total. The molecular weight excluding hydrogens is 1160 g/mol. The highest BCUT2D eigenvalue weighted by atomic mass is 16.7. The summed E-state index contributed by atoms with van der Waals surface area (Å²) in [5.74, 6) is -2.55. The molecule has 508 valence electrons. The Morgan fingerprint density at radius 2 is 0.932 bits per heavy atom. The topological polar surface area (TPSA) is 477 Å². The van der Waals surface area contributed by atoms with Crippen LogP contribution < -0.4 is 53.6 Å². The van der Waals surface area contributed by atoms with Crippen LogP contribution in [0.4, 0.5) is 0 Å². The summed E-state index contributed by atoms with van der Waals surface area (Å²) in [7, 11) is 0. The lowest BCUT2D eigenvalue weighted by atomic mass is 9.85. The van der Waals surface area contributed by atoms with Crippen molar-refractivity contribution in [3.63, 3.8) is 0 Å². The number of aliphatic hydroxyl groups excluding tert-OH is 7. The Morgan fingerprint density at radius 1 is 0.523 bits per heavy atom. The third-order valence-corrected chi connectivity index (χ3v) is 14.7. The van der Waals surface area contributed by atoms with Gasteiger partial charge < -0.3 is 117 Å². The van der Waals surface area contributed by atoms with Gasteiger partial charge in [-0.15, -0.1) is 0 Å². The van der Waals surface area contributed by atoms with Crippen molar-refractivity contribution in [3.05, 3.63) is 0 Å². The summed E-state index contributed by atoms with van der Waals surface area (Å²) in [6.07, 6.45) is -2.36. The Morgan fingerprint density at radius 3 is 1.33 bits per heavy atom. The second kappa shape index (κ2) is 44.6. The average Bonchev–Trinajstić information content (AvgIpc) is 3.69. The maximum Gasteiger partial charge on any atom is 0.237 e. The summed E-state index contributed by atoms with van der Waals surface area (Å²) >= 11 is 0. The lowest BCUT2D eigenvalue weighted by Crippen LogP contribution is -2.63. The molecule has 88 heavy (non-hydrogen) atoms. The lowest BCUT2D eigenvalue weighted by Gasteiger charge is -2.40. The number of hydrogen-bond acceptors (Lipinski definition) is 24. The van der Waals surface area contributed by atoms with Crippen LogP contribution in [0.3, 0.4) is 0 Å². The Bertz CT molecular complexity index is 1950. The minimum absolute atomic E-state index is 0.0335. The minimum atomic E-state index is -1.75. The van der Waals surface area contributed by atoms with Crippen molar-refractivity contribution in [2.45, 2.75) is 203 Å². The zero-order valence-corrected chi connectivity index (χ0v) is 51.1. The van der Waals surface area contributed by atoms with Crippen LogP contribution in [0.1, 0.15) is 129 Å². The smallest absolute Gasteiger partial charge is 0.237 e. The molecule has 0 bridgehead atoms. The molecule has 1 aliphatic carbocycles. The van der Waals surface area contributed by atoms with Crippen LogP contribution in [0, 0.1) is 5.92 Å². The van der Waals surface area contributed by atoms with E-state index in [1.807, 2.05) is 0 Å². The molecule has 32 heteroatoms. The molecule has 0 radical (unpaired) electrons. The summed E-state index contributed by atoms with van der Waals surface area (Å²) in [6, 6.07) is -3.14. The van der Waals surface area contributed by atoms with E-state index in [1.165, 1.54) is 46.0 Å². The van der Waals surface area contributed by atoms with Crippen LogP contribution in [-0.2, 0) is 71.5 Å². The lowest BCUT2D eigenvalue weighted by molar-refractivity contribution is -0.315. The van der Waals surface area contributed by atoms with Gasteiger partial charge in [-0.05, 0) is 38.0 Å². The molecule has 2 saturated heterocycles. The normalized spacial score (nSPS) is 24.0. The molecule has 0 aromatic carbocycles. The first kappa shape index (κ1) is 77.4. The molecule has 3 aliphatic rings. The zero-order valence-electron chi connectivity index (χ0n) is 51.1. The van der Waals surface area contributed by atoms with Crippen molar-refractivity contribution < 1.29 is 107 Å². The Kier molecular flexibility index (Phi) is 39.2. The van der Waals surface area contributed by atoms with Crippen molar-refractivity contribution in [1.29, 1.82) is 0 Å². The van der Waals surface area contributed by atoms with Gasteiger partial charge in [-0.1, -0.05) is 51.4 Å². The molecule has 0 aromatic rings. The van der Waals surface area contributed by atoms with Crippen molar-refractivity contribution in [2.75, 3.05) is 98.9 Å². The highest BCUT2D eigenvalue weighted by Gasteiger charge is 2.46. The van der Waals surface area contributed by atoms with Crippen molar-refractivity contribution in [1.82, 2.24) is 47.9 Å². The summed E-state index contributed by atoms with van der Waals surface area (Å²) in [5.41, 5.74) is 4.10. The van der Waals surface area contributed by atoms with Crippen LogP contribution >= 0.6 is 0 Å². The molecular formula is C56H102N10O22. The number of aliphatic hydroxyl groups is 7. The fraction of sp³-hybridized carbons (Fsp3) is 0.857. The van der Waals surface area contributed by atoms with Crippen LogP contribution in [-0.4, -0.2) is 255 Å². The molecule has 3 fully saturated rings. The third kappa shape index (κ3) is 31.7. The maximum atomic E-state index is 14.2. The predicted molar refractivity (Wildman–Crippen MR) is 311 cm³/mol. The molecule has 32 nitrogen and oxygen atoms in total. The SMILES string of the molecule is CC(=O)N[C@H]1C(OCCCC(=O)NCCCNC(=O)CCOCC(COCCC(=O)NCCN)(COCCC(=O)NCCCNC(=O)CCCOC2O[C@H](O)[C@H](O)[C@H](O)[C@H]2NC(C)=O)NC(=O)[C@@H](CCCCC2CCCCC2)NCO)O[C@H](O)[C@H](O)[C@@H]1O. The average molecular weight is 1270 g/mol. The molecule has 8 amide bonds. The summed E-state index contributed by atoms with van der Waals surface area (Å²) in [6.45, 7) is 2.21. The van der Waals surface area contributed by atoms with Crippen LogP contribution in [0.5, 0.6) is 0 Å². The Hall–Kier alpha value is -4.88. The largest absolute Gasteiger partial charge is 0.388 e. The molecule has 11 atom stereocenters. The van der Waals surface area contributed by atoms with Crippen molar-refractivity contribution in [2.24, 2.45) is 11.7 Å². The molecule has 0 spiro atoms. The minimum Gasteiger partial charge on any atom is -0.388 e. The number of unbranched alkanes of at least 4 members (excludes halogenated alkanes) is 1. The predicted octanol–water partition coefficient (Wildman–Crippen LogP) is -5.17. The van der Waals surface area contributed by atoms with Crippen LogP contribution in [0.15, 0.2) is 0 Å². The van der Waals surface area contributed by atoms with Gasteiger partial charge in [0.1, 0.15) is 42.0 Å². The van der Waals surface area contributed by atoms with Crippen molar-refractivity contribution in [3.8, 4) is 0 Å². The van der Waals surface area contributed by atoms with Gasteiger partial charge in [0.2, 0.25) is 47.3 Å². The first-order valence-electron chi connectivity index (χ1n) is 30.8. The van der Waals surface area contributed by atoms with Gasteiger partial charge in [0.05, 0.1) is 65.6 Å². The highest BCUT2D eigenvalue weighted by molar-refractivity contribution is 5.82. The summed E-state index contributed by atoms with van der Waals surface area (Å²) < 4.78 is 39.6. The standard InChI is InChI=1S/C56H102N10O22/c1-36(68)64-45-47(75)49(77)52(80)87-54(45)85-27-8-16-40(70)58-22-10-24-60-42(72)18-29-82-32-56(34-84-31-20-44(74)62-26-21-57,66-51(79)39(63-35-67)15-7-6-14-38-12-4-3-5-13-38)33-83-30-19-43(73)61-25-11-23-59-41(71)17-9-28-86-55-46(65-37(2)69)48(76)50(78)53(81)88-55/h38-39,45-50,52-55,63,67,75-78,80-81H,3-35,57H2,1-2H3,(H,58,70)(H,59,71)(H,60,72)(H,61,73)(H,62,74)(H,64,68)(H,65,69)(H,66,79)/t39-,45-,46-,47-,48-,49-,50-,52+,53+,54?,55?,56?/m1/s1. The van der Waals surface area contributed by atoms with E-state index in [9.17, 15) is 74.1 Å². The van der Waals surface area contributed by atoms with E-state index in [2.05, 4.69) is 47.9 Å². The monoisotopic (exact) mass is 1270 g/mol. The van der Waals surface area contributed by atoms with Gasteiger partial charge >= 0.3 is 0 Å². The number of rotatable bonds is 46. The van der Waals surface area contributed by atoms with Gasteiger partial charge in [0.15, 0.2) is 25.2 Å². The molecule has 3 rings (SSSR count). The fourth-order valence-corrected chi connectivity index (χ4v) is 9.93. The maximum absolute atomic E-state index is 14.2. The number of carbonyl (C=O) groups excluding carboxylic acids is 8. The number of ether oxygens (including phenoxy) is 7. The zero-order chi connectivity index (χ0) is 64.7. The van der Waals surface area contributed by atoms with E-state index in [0.717, 1.165) is 12.8 Å². The highest BCUT2D eigenvalue weighted by Crippen LogP contribution is 2.28. The van der Waals surface area contributed by atoms with Crippen LogP contribution in [0.2, 0.25) is 0 Å². The van der Waals surface area contributed by atoms with Gasteiger partial charge in [0, 0.05) is 85.2 Å². The quantitative estimate of drug-likeness (QED) is 0.0200. The summed E-state index contributed by atoms with van der Waals surface area (Å²) in [5, 5.41) is 94.6. The van der Waals surface area contributed by atoms with E-state index in [4.69, 9.17) is 38.9 Å². The first-order chi connectivity index (χ1) is 42.2. The third-order valence-electron chi connectivity index (χ3n) is 14.7. The molecule has 1 saturated carbocycles. The van der Waals surface area contributed by atoms with Crippen LogP contribution in [0.25, 0.3) is 0 Å². The number of hydrogen-bond donors (Lipinski definition) is 17. The molecule has 0 aromatic heterocycles. The van der Waals surface area contributed by atoms with Crippen molar-refractivity contribution >= 4 is 47.3 Å². The molecule has 2 aliphatic heterocycles. The molecule has 2 heterocycles. The Labute approximate surface area is 514 Å². The second-order valence-corrected chi connectivity index (χ2v) is 22.3. The van der Waals surface area contributed by atoms with E-state index in [1.54, 1.807) is 0 Å². The van der Waals surface area contributed by atoms with Gasteiger partial charge in [0.25, 0.3) is 0 Å². The van der Waals surface area contributed by atoms with Gasteiger partial charge in [-0.3, -0.25) is 43.7 Å². The van der Waals surface area contributed by atoms with Gasteiger partial charge in [-0.2, -0.15) is 0 Å². The number of amides is 8. The first-order valence-corrected chi connectivity index (χ1v) is 30.8. The number of nitrogens with one attached hydrogen (secondary N) is 9. The van der Waals surface area contributed by atoms with E-state index in [0.29, 0.717) is 31.6 Å². The summed E-state index contributed by atoms with van der Waals surface area (Å²) in [4.78, 5) is 101. The molecule has 2 unspecified atom stereocenters. The van der Waals surface area contributed by atoms with Gasteiger partial charge in [-0.25, -0.2) is 0 Å².